The van der Waals surface area contributed by atoms with Crippen LogP contribution in [0.5, 0.6) is 0 Å². The summed E-state index contributed by atoms with van der Waals surface area (Å²) >= 11 is 0. The number of nitrogens with one attached hydrogen (secondary N) is 2. The lowest BCUT2D eigenvalue weighted by Gasteiger charge is -2.36. The van der Waals surface area contributed by atoms with Crippen LogP contribution in [0.15, 0.2) is 41.5 Å². The number of rotatable bonds is 10. The van der Waals surface area contributed by atoms with Gasteiger partial charge in [-0.05, 0) is 36.8 Å². The van der Waals surface area contributed by atoms with E-state index < -0.39 is 64.3 Å². The Labute approximate surface area is 258 Å². The van der Waals surface area contributed by atoms with Crippen LogP contribution in [0.3, 0.4) is 0 Å². The Morgan fingerprint density at radius 2 is 1.59 bits per heavy atom. The van der Waals surface area contributed by atoms with Gasteiger partial charge in [0.1, 0.15) is 24.0 Å². The summed E-state index contributed by atoms with van der Waals surface area (Å²) in [5.41, 5.74) is 0.214. The zero-order valence-corrected chi connectivity index (χ0v) is 25.4. The van der Waals surface area contributed by atoms with Gasteiger partial charge >= 0.3 is 0 Å². The fraction of sp³-hybridized carbons (Fsp3) is 0.677. The van der Waals surface area contributed by atoms with Crippen LogP contribution in [-0.2, 0) is 0 Å². The first-order chi connectivity index (χ1) is 21.0. The van der Waals surface area contributed by atoms with E-state index in [1.165, 1.54) is 37.8 Å². The van der Waals surface area contributed by atoms with Gasteiger partial charge in [-0.25, -0.2) is 0 Å². The zero-order chi connectivity index (χ0) is 32.2. The van der Waals surface area contributed by atoms with Crippen molar-refractivity contribution in [2.24, 2.45) is 5.92 Å². The highest BCUT2D eigenvalue weighted by molar-refractivity contribution is 5.66. The third-order valence-electron chi connectivity index (χ3n) is 8.83. The predicted molar refractivity (Wildman–Crippen MR) is 166 cm³/mol. The monoisotopic (exact) mass is 620 g/mol. The number of benzene rings is 1. The van der Waals surface area contributed by atoms with Crippen LogP contribution in [-0.4, -0.2) is 85.0 Å². The smallest absolute Gasteiger partial charge is 0.299 e. The molecule has 1 aromatic rings. The van der Waals surface area contributed by atoms with Crippen LogP contribution in [0, 0.1) is 26.1 Å². The van der Waals surface area contributed by atoms with Gasteiger partial charge in [-0.2, -0.15) is 0 Å². The van der Waals surface area contributed by atoms with Crippen molar-refractivity contribution in [3.05, 3.63) is 61.7 Å². The molecule has 3 rings (SSSR count). The van der Waals surface area contributed by atoms with E-state index in [0.717, 1.165) is 62.7 Å². The van der Waals surface area contributed by atoms with Crippen molar-refractivity contribution in [3.8, 4) is 0 Å². The van der Waals surface area contributed by atoms with Gasteiger partial charge in [0.05, 0.1) is 40.7 Å². The minimum atomic E-state index is -1.56. The Hall–Kier alpha value is -2.94. The summed E-state index contributed by atoms with van der Waals surface area (Å²) in [6.07, 6.45) is 9.84. The molecule has 0 heterocycles. The highest BCUT2D eigenvalue weighted by atomic mass is 16.6. The van der Waals surface area contributed by atoms with Crippen molar-refractivity contribution in [1.29, 1.82) is 0 Å². The Morgan fingerprint density at radius 1 is 0.955 bits per heavy atom. The van der Waals surface area contributed by atoms with E-state index >= 15 is 0 Å². The molecular formula is C31H48N4O9. The summed E-state index contributed by atoms with van der Waals surface area (Å²) in [5.74, 6) is 0.222. The summed E-state index contributed by atoms with van der Waals surface area (Å²) in [6, 6.07) is 1.41. The molecule has 0 radical (unpaired) electrons. The third kappa shape index (κ3) is 10.0. The van der Waals surface area contributed by atoms with Gasteiger partial charge in [0.15, 0.2) is 0 Å². The second-order valence-electron chi connectivity index (χ2n) is 12.1. The van der Waals surface area contributed by atoms with Crippen LogP contribution in [0.2, 0.25) is 0 Å². The minimum Gasteiger partial charge on any atom is -0.392 e. The molecule has 246 valence electrons. The molecule has 0 amide bonds. The van der Waals surface area contributed by atoms with Crippen LogP contribution < -0.4 is 10.6 Å². The van der Waals surface area contributed by atoms with Gasteiger partial charge < -0.3 is 36.2 Å². The average Bonchev–Trinajstić information content (AvgIpc) is 3.02. The Kier molecular flexibility index (Phi) is 14.2. The second kappa shape index (κ2) is 17.5. The summed E-state index contributed by atoms with van der Waals surface area (Å²) in [7, 11) is 0. The Bertz CT molecular complexity index is 1160. The highest BCUT2D eigenvalue weighted by Crippen LogP contribution is 2.31. The number of aliphatic hydroxyl groups is 5. The number of nitro benzene ring substituents is 2. The Morgan fingerprint density at radius 3 is 2.20 bits per heavy atom. The topological polar surface area (TPSA) is 211 Å². The summed E-state index contributed by atoms with van der Waals surface area (Å²) in [5, 5.41) is 81.3. The maximum Gasteiger partial charge on any atom is 0.299 e. The first-order valence-electron chi connectivity index (χ1n) is 15.7. The van der Waals surface area contributed by atoms with Crippen LogP contribution in [0.1, 0.15) is 77.6 Å². The molecule has 44 heavy (non-hydrogen) atoms. The first kappa shape index (κ1) is 35.5. The molecule has 1 fully saturated rings. The maximum absolute atomic E-state index is 11.8. The van der Waals surface area contributed by atoms with E-state index in [0.29, 0.717) is 0 Å². The molecule has 2 aliphatic rings. The molecule has 0 aromatic heterocycles. The van der Waals surface area contributed by atoms with E-state index in [1.54, 1.807) is 6.08 Å². The number of nitrogens with zero attached hydrogens (tertiary/aromatic N) is 2. The second-order valence-corrected chi connectivity index (χ2v) is 12.1. The fourth-order valence-electron chi connectivity index (χ4n) is 6.03. The lowest BCUT2D eigenvalue weighted by molar-refractivity contribution is -0.393. The number of anilines is 1. The summed E-state index contributed by atoms with van der Waals surface area (Å²) < 4.78 is 0. The molecule has 1 saturated carbocycles. The number of hydrogen-bond acceptors (Lipinski definition) is 11. The number of non-ortho nitro benzene ring substituents is 1. The SMILES string of the molecule is CC1CCCCCCCCCCC/C1=C/[C@@H](O)C(CNC1C=C(CO)C(O)C(O)[C@H]1O)Nc1ccc([N+](=O)[O-])cc1[N+](=O)[O-]. The van der Waals surface area contributed by atoms with E-state index in [9.17, 15) is 45.8 Å². The van der Waals surface area contributed by atoms with Crippen molar-refractivity contribution in [2.45, 2.75) is 114 Å². The number of aliphatic hydroxyl groups excluding tert-OH is 5. The number of nitro groups is 2. The van der Waals surface area contributed by atoms with Crippen molar-refractivity contribution >= 4 is 17.1 Å². The lowest BCUT2D eigenvalue weighted by atomic mass is 9.87. The summed E-state index contributed by atoms with van der Waals surface area (Å²) in [4.78, 5) is 21.6. The average molecular weight is 621 g/mol. The molecule has 5 unspecified atom stereocenters. The van der Waals surface area contributed by atoms with E-state index in [1.807, 2.05) is 0 Å². The first-order valence-corrected chi connectivity index (χ1v) is 15.7. The van der Waals surface area contributed by atoms with Gasteiger partial charge in [0, 0.05) is 12.6 Å². The largest absolute Gasteiger partial charge is 0.392 e. The van der Waals surface area contributed by atoms with Crippen molar-refractivity contribution in [3.63, 3.8) is 0 Å². The standard InChI is InChI=1S/C31H48N4O9/c1-20-11-9-7-5-3-2-4-6-8-10-12-21(20)16-28(37)26(18-32-25-15-22(19-36)29(38)31(40)30(25)39)33-24-14-13-23(34(41)42)17-27(24)35(43)44/h13-17,20,25-26,28-33,36-40H,2-12,18-19H2,1H3/b21-16-/t20?,25?,26?,28-,29?,30+,31?/m1/s1. The van der Waals surface area contributed by atoms with Gasteiger partial charge in [-0.15, -0.1) is 0 Å². The molecule has 7 N–H and O–H groups in total. The third-order valence-corrected chi connectivity index (χ3v) is 8.83. The maximum atomic E-state index is 11.8. The normalized spacial score (nSPS) is 28.1. The Balaban J connectivity index is 1.92. The molecule has 0 bridgehead atoms. The van der Waals surface area contributed by atoms with Gasteiger partial charge in [-0.3, -0.25) is 20.2 Å². The molecular weight excluding hydrogens is 572 g/mol. The van der Waals surface area contributed by atoms with E-state index in [2.05, 4.69) is 17.6 Å². The van der Waals surface area contributed by atoms with E-state index in [4.69, 9.17) is 0 Å². The van der Waals surface area contributed by atoms with Crippen molar-refractivity contribution in [1.82, 2.24) is 5.32 Å². The minimum absolute atomic E-state index is 0.0286. The molecule has 1 aromatic carbocycles. The molecule has 0 aliphatic heterocycles. The fourth-order valence-corrected chi connectivity index (χ4v) is 6.03. The summed E-state index contributed by atoms with van der Waals surface area (Å²) in [6.45, 7) is 1.55. The van der Waals surface area contributed by atoms with Crippen LogP contribution in [0.25, 0.3) is 0 Å². The van der Waals surface area contributed by atoms with Crippen LogP contribution >= 0.6 is 0 Å². The molecule has 0 spiro atoms. The van der Waals surface area contributed by atoms with Gasteiger partial charge in [0.2, 0.25) is 0 Å². The zero-order valence-electron chi connectivity index (χ0n) is 25.4. The van der Waals surface area contributed by atoms with E-state index in [-0.39, 0.29) is 23.7 Å². The molecule has 13 nitrogen and oxygen atoms in total. The predicted octanol–water partition coefficient (Wildman–Crippen LogP) is 3.48. The molecule has 13 heteroatoms. The van der Waals surface area contributed by atoms with Crippen molar-refractivity contribution in [2.75, 3.05) is 18.5 Å². The lowest BCUT2D eigenvalue weighted by Crippen LogP contribution is -2.56. The van der Waals surface area contributed by atoms with Gasteiger partial charge in [-0.1, -0.05) is 76.0 Å². The number of allylic oxidation sites excluding steroid dienone is 1. The quantitative estimate of drug-likeness (QED) is 0.114. The molecule has 7 atom stereocenters. The molecule has 0 saturated heterocycles. The number of hydrogen-bond donors (Lipinski definition) is 7. The van der Waals surface area contributed by atoms with Crippen molar-refractivity contribution < 1.29 is 35.4 Å². The van der Waals surface area contributed by atoms with Crippen LogP contribution in [0.4, 0.5) is 17.1 Å². The molecule has 2 aliphatic carbocycles. The highest BCUT2D eigenvalue weighted by Gasteiger charge is 2.37. The van der Waals surface area contributed by atoms with Gasteiger partial charge in [0.25, 0.3) is 11.4 Å².